The molecule has 2 aromatic heterocycles. The molecule has 1 aliphatic carbocycles. The fourth-order valence-corrected chi connectivity index (χ4v) is 4.05. The Morgan fingerprint density at radius 3 is 2.78 bits per heavy atom. The van der Waals surface area contributed by atoms with Gasteiger partial charge in [0.15, 0.2) is 0 Å². The average molecular weight is 372 g/mol. The predicted octanol–water partition coefficient (Wildman–Crippen LogP) is 1.47. The molecule has 3 heterocycles. The molecule has 2 amide bonds. The van der Waals surface area contributed by atoms with Crippen LogP contribution >= 0.6 is 0 Å². The van der Waals surface area contributed by atoms with Gasteiger partial charge in [0.2, 0.25) is 11.8 Å². The number of aromatic nitrogens is 4. The molecule has 1 unspecified atom stereocenters. The van der Waals surface area contributed by atoms with Crippen molar-refractivity contribution in [3.05, 3.63) is 11.9 Å². The van der Waals surface area contributed by atoms with Gasteiger partial charge in [0.25, 0.3) is 0 Å². The summed E-state index contributed by atoms with van der Waals surface area (Å²) in [5, 5.41) is 12.2. The first-order valence-electron chi connectivity index (χ1n) is 10.1. The number of nitrogens with zero attached hydrogens (tertiary/aromatic N) is 5. The predicted molar refractivity (Wildman–Crippen MR) is 101 cm³/mol. The number of carbonyl (C=O) groups is 2. The van der Waals surface area contributed by atoms with E-state index in [0.717, 1.165) is 55.5 Å². The second-order valence-electron chi connectivity index (χ2n) is 7.63. The van der Waals surface area contributed by atoms with Crippen LogP contribution in [0.2, 0.25) is 0 Å². The van der Waals surface area contributed by atoms with Gasteiger partial charge < -0.3 is 5.32 Å². The van der Waals surface area contributed by atoms with Crippen molar-refractivity contribution in [2.24, 2.45) is 5.92 Å². The highest BCUT2D eigenvalue weighted by Gasteiger charge is 2.39. The molecule has 146 valence electrons. The van der Waals surface area contributed by atoms with Crippen LogP contribution in [-0.4, -0.2) is 55.4 Å². The molecule has 1 atom stereocenters. The fourth-order valence-electron chi connectivity index (χ4n) is 4.05. The Bertz CT molecular complexity index is 844. The van der Waals surface area contributed by atoms with E-state index in [4.69, 9.17) is 0 Å². The summed E-state index contributed by atoms with van der Waals surface area (Å²) in [6.45, 7) is 6.91. The summed E-state index contributed by atoms with van der Waals surface area (Å²) in [4.78, 5) is 27.4. The lowest BCUT2D eigenvalue weighted by atomic mass is 9.98. The molecule has 8 heteroatoms. The second kappa shape index (κ2) is 7.42. The van der Waals surface area contributed by atoms with Crippen molar-refractivity contribution in [1.82, 2.24) is 29.8 Å². The van der Waals surface area contributed by atoms with E-state index in [9.17, 15) is 9.59 Å². The first-order valence-corrected chi connectivity index (χ1v) is 10.1. The number of rotatable bonds is 6. The molecule has 0 bridgehead atoms. The largest absolute Gasteiger partial charge is 0.316 e. The number of imide groups is 1. The summed E-state index contributed by atoms with van der Waals surface area (Å²) in [6, 6.07) is 0.106. The standard InChI is InChI=1S/C19H28N6O2/c1-3-23-16-12-21-24(18(16)13(2)22-23)10-8-17(26)25(15-6-7-15)19(27)14-5-4-9-20-11-14/h12,14-15,20H,3-11H2,1-2H3. The quantitative estimate of drug-likeness (QED) is 0.830. The van der Waals surface area contributed by atoms with Crippen molar-refractivity contribution in [3.8, 4) is 0 Å². The molecule has 0 aromatic carbocycles. The maximum absolute atomic E-state index is 12.9. The molecule has 0 radical (unpaired) electrons. The van der Waals surface area contributed by atoms with Crippen LogP contribution in [0.5, 0.6) is 0 Å². The van der Waals surface area contributed by atoms with Crippen LogP contribution in [0, 0.1) is 12.8 Å². The Hall–Kier alpha value is -2.22. The maximum Gasteiger partial charge on any atom is 0.233 e. The first kappa shape index (κ1) is 18.2. The highest BCUT2D eigenvalue weighted by molar-refractivity contribution is 5.97. The number of aryl methyl sites for hydroxylation is 3. The molecule has 2 fully saturated rings. The van der Waals surface area contributed by atoms with E-state index in [-0.39, 0.29) is 30.2 Å². The van der Waals surface area contributed by atoms with Gasteiger partial charge in [-0.25, -0.2) is 0 Å². The van der Waals surface area contributed by atoms with E-state index in [2.05, 4.69) is 15.5 Å². The molecule has 27 heavy (non-hydrogen) atoms. The number of nitrogens with one attached hydrogen (secondary N) is 1. The van der Waals surface area contributed by atoms with Crippen molar-refractivity contribution in [3.63, 3.8) is 0 Å². The van der Waals surface area contributed by atoms with Gasteiger partial charge >= 0.3 is 0 Å². The average Bonchev–Trinajstić information content (AvgIpc) is 3.33. The zero-order valence-corrected chi connectivity index (χ0v) is 16.1. The molecule has 0 spiro atoms. The van der Waals surface area contributed by atoms with Crippen LogP contribution in [-0.2, 0) is 22.7 Å². The molecular weight excluding hydrogens is 344 g/mol. The lowest BCUT2D eigenvalue weighted by molar-refractivity contribution is -0.148. The van der Waals surface area contributed by atoms with Crippen LogP contribution in [0.15, 0.2) is 6.20 Å². The van der Waals surface area contributed by atoms with Crippen LogP contribution in [0.25, 0.3) is 11.0 Å². The minimum Gasteiger partial charge on any atom is -0.316 e. The Labute approximate surface area is 158 Å². The Morgan fingerprint density at radius 1 is 1.30 bits per heavy atom. The van der Waals surface area contributed by atoms with Gasteiger partial charge in [-0.3, -0.25) is 23.9 Å². The third kappa shape index (κ3) is 3.50. The minimum absolute atomic E-state index is 0.00953. The van der Waals surface area contributed by atoms with Gasteiger partial charge in [-0.15, -0.1) is 0 Å². The monoisotopic (exact) mass is 372 g/mol. The number of fused-ring (bicyclic) bond motifs is 1. The Morgan fingerprint density at radius 2 is 2.11 bits per heavy atom. The second-order valence-corrected chi connectivity index (χ2v) is 7.63. The van der Waals surface area contributed by atoms with Gasteiger partial charge in [-0.1, -0.05) is 0 Å². The summed E-state index contributed by atoms with van der Waals surface area (Å²) in [6.07, 6.45) is 5.83. The van der Waals surface area contributed by atoms with E-state index < -0.39 is 0 Å². The third-order valence-corrected chi connectivity index (χ3v) is 5.61. The van der Waals surface area contributed by atoms with E-state index in [0.29, 0.717) is 13.1 Å². The van der Waals surface area contributed by atoms with Crippen LogP contribution in [0.4, 0.5) is 0 Å². The van der Waals surface area contributed by atoms with Crippen molar-refractivity contribution in [1.29, 1.82) is 0 Å². The summed E-state index contributed by atoms with van der Waals surface area (Å²) >= 11 is 0. The number of carbonyl (C=O) groups excluding carboxylic acids is 2. The third-order valence-electron chi connectivity index (χ3n) is 5.61. The van der Waals surface area contributed by atoms with Crippen molar-refractivity contribution >= 4 is 22.8 Å². The number of hydrogen-bond acceptors (Lipinski definition) is 5. The lowest BCUT2D eigenvalue weighted by Crippen LogP contribution is -2.47. The van der Waals surface area contributed by atoms with Crippen molar-refractivity contribution < 1.29 is 9.59 Å². The first-order chi connectivity index (χ1) is 13.1. The number of amides is 2. The van der Waals surface area contributed by atoms with Gasteiger partial charge in [0.05, 0.1) is 24.4 Å². The highest BCUT2D eigenvalue weighted by atomic mass is 16.2. The van der Waals surface area contributed by atoms with E-state index in [1.54, 1.807) is 11.1 Å². The summed E-state index contributed by atoms with van der Waals surface area (Å²) in [5.41, 5.74) is 2.89. The molecule has 1 saturated carbocycles. The topological polar surface area (TPSA) is 85.1 Å². The molecule has 1 aliphatic heterocycles. The lowest BCUT2D eigenvalue weighted by Gasteiger charge is -2.28. The summed E-state index contributed by atoms with van der Waals surface area (Å²) < 4.78 is 3.77. The minimum atomic E-state index is -0.0720. The Balaban J connectivity index is 1.46. The molecule has 4 rings (SSSR count). The zero-order valence-electron chi connectivity index (χ0n) is 16.1. The number of hydrogen-bond donors (Lipinski definition) is 1. The van der Waals surface area contributed by atoms with E-state index in [1.807, 2.05) is 23.2 Å². The van der Waals surface area contributed by atoms with E-state index in [1.165, 1.54) is 0 Å². The maximum atomic E-state index is 12.9. The fraction of sp³-hybridized carbons (Fsp3) is 0.684. The molecule has 2 aliphatic rings. The molecule has 2 aromatic rings. The smallest absolute Gasteiger partial charge is 0.233 e. The SMILES string of the molecule is CCn1nc(C)c2c1cnn2CCC(=O)N(C(=O)C1CCCNC1)C1CC1. The van der Waals surface area contributed by atoms with E-state index >= 15 is 0 Å². The van der Waals surface area contributed by atoms with Crippen LogP contribution in [0.1, 0.15) is 44.7 Å². The van der Waals surface area contributed by atoms with Gasteiger partial charge in [0, 0.05) is 25.6 Å². The Kier molecular flexibility index (Phi) is 4.99. The van der Waals surface area contributed by atoms with Crippen molar-refractivity contribution in [2.45, 2.75) is 65.1 Å². The molecule has 1 saturated heterocycles. The summed E-state index contributed by atoms with van der Waals surface area (Å²) in [5.74, 6) is -0.128. The zero-order chi connectivity index (χ0) is 19.0. The molecule has 8 nitrogen and oxygen atoms in total. The number of piperidine rings is 1. The normalized spacial score (nSPS) is 20.1. The highest BCUT2D eigenvalue weighted by Crippen LogP contribution is 2.30. The molecule has 1 N–H and O–H groups in total. The van der Waals surface area contributed by atoms with Crippen LogP contribution in [0.3, 0.4) is 0 Å². The summed E-state index contributed by atoms with van der Waals surface area (Å²) in [7, 11) is 0. The van der Waals surface area contributed by atoms with Gasteiger partial charge in [0.1, 0.15) is 11.0 Å². The molecular formula is C19H28N6O2. The van der Waals surface area contributed by atoms with Gasteiger partial charge in [-0.2, -0.15) is 10.2 Å². The van der Waals surface area contributed by atoms with Crippen LogP contribution < -0.4 is 5.32 Å². The van der Waals surface area contributed by atoms with Gasteiger partial charge in [-0.05, 0) is 46.1 Å². The van der Waals surface area contributed by atoms with Crippen molar-refractivity contribution in [2.75, 3.05) is 13.1 Å².